The fraction of sp³-hybridized carbons (Fsp3) is 0.154. The van der Waals surface area contributed by atoms with Gasteiger partial charge in [0.05, 0.1) is 24.4 Å². The predicted molar refractivity (Wildman–Crippen MR) is 66.3 cm³/mol. The normalized spacial score (nSPS) is 9.83. The van der Waals surface area contributed by atoms with Gasteiger partial charge in [0, 0.05) is 11.8 Å². The number of nitriles is 1. The standard InChI is InChI=1S/C13H11N3O2/c1-8-7-15-13(17)16-12(8)10-5-9(6-14)3-4-11(10)18-2/h3-5,7H,1-2H3,(H,15,16,17). The van der Waals surface area contributed by atoms with Crippen molar-refractivity contribution >= 4 is 0 Å². The van der Waals surface area contributed by atoms with E-state index in [-0.39, 0.29) is 0 Å². The van der Waals surface area contributed by atoms with Crippen molar-refractivity contribution in [2.45, 2.75) is 6.92 Å². The molecule has 0 fully saturated rings. The minimum Gasteiger partial charge on any atom is -0.496 e. The van der Waals surface area contributed by atoms with E-state index >= 15 is 0 Å². The first kappa shape index (κ1) is 11.9. The summed E-state index contributed by atoms with van der Waals surface area (Å²) in [6.45, 7) is 1.83. The molecule has 1 heterocycles. The summed E-state index contributed by atoms with van der Waals surface area (Å²) in [5.74, 6) is 0.596. The van der Waals surface area contributed by atoms with Crippen LogP contribution in [0.2, 0.25) is 0 Å². The van der Waals surface area contributed by atoms with Gasteiger partial charge in [-0.05, 0) is 30.7 Å². The lowest BCUT2D eigenvalue weighted by Crippen LogP contribution is -2.11. The van der Waals surface area contributed by atoms with Gasteiger partial charge in [-0.3, -0.25) is 0 Å². The average Bonchev–Trinajstić information content (AvgIpc) is 2.40. The maximum Gasteiger partial charge on any atom is 0.345 e. The third kappa shape index (κ3) is 2.09. The highest BCUT2D eigenvalue weighted by Crippen LogP contribution is 2.30. The monoisotopic (exact) mass is 241 g/mol. The van der Waals surface area contributed by atoms with E-state index in [1.54, 1.807) is 25.3 Å². The lowest BCUT2D eigenvalue weighted by molar-refractivity contribution is 0.416. The highest BCUT2D eigenvalue weighted by molar-refractivity contribution is 5.71. The third-order valence-corrected chi connectivity index (χ3v) is 2.60. The van der Waals surface area contributed by atoms with E-state index < -0.39 is 5.69 Å². The first-order valence-corrected chi connectivity index (χ1v) is 5.30. The van der Waals surface area contributed by atoms with Crippen LogP contribution in [0, 0.1) is 18.3 Å². The van der Waals surface area contributed by atoms with Crippen LogP contribution in [0.25, 0.3) is 11.3 Å². The van der Waals surface area contributed by atoms with Gasteiger partial charge < -0.3 is 9.72 Å². The van der Waals surface area contributed by atoms with Gasteiger partial charge in [-0.1, -0.05) is 0 Å². The lowest BCUT2D eigenvalue weighted by atomic mass is 10.0. The molecule has 2 aromatic rings. The molecule has 1 aromatic carbocycles. The Balaban J connectivity index is 2.73. The van der Waals surface area contributed by atoms with Crippen LogP contribution in [-0.2, 0) is 0 Å². The van der Waals surface area contributed by atoms with Gasteiger partial charge in [0.2, 0.25) is 0 Å². The second kappa shape index (κ2) is 4.72. The highest BCUT2D eigenvalue weighted by Gasteiger charge is 2.10. The van der Waals surface area contributed by atoms with E-state index in [9.17, 15) is 4.79 Å². The van der Waals surface area contributed by atoms with Crippen LogP contribution >= 0.6 is 0 Å². The maximum absolute atomic E-state index is 11.3. The van der Waals surface area contributed by atoms with E-state index in [0.717, 1.165) is 5.56 Å². The fourth-order valence-corrected chi connectivity index (χ4v) is 1.71. The molecule has 0 saturated carbocycles. The van der Waals surface area contributed by atoms with Gasteiger partial charge in [-0.15, -0.1) is 0 Å². The molecule has 1 N–H and O–H groups in total. The summed E-state index contributed by atoms with van der Waals surface area (Å²) in [6, 6.07) is 7.10. The molecular weight excluding hydrogens is 230 g/mol. The molecule has 2 rings (SSSR count). The molecule has 0 aliphatic heterocycles. The van der Waals surface area contributed by atoms with Gasteiger partial charge in [0.25, 0.3) is 0 Å². The van der Waals surface area contributed by atoms with E-state index in [4.69, 9.17) is 10.00 Å². The Morgan fingerprint density at radius 1 is 1.44 bits per heavy atom. The number of methoxy groups -OCH3 is 1. The minimum absolute atomic E-state index is 0.431. The smallest absolute Gasteiger partial charge is 0.345 e. The zero-order valence-electron chi connectivity index (χ0n) is 10.0. The third-order valence-electron chi connectivity index (χ3n) is 2.60. The quantitative estimate of drug-likeness (QED) is 0.866. The molecule has 0 aliphatic rings. The van der Waals surface area contributed by atoms with E-state index in [2.05, 4.69) is 16.0 Å². The first-order valence-electron chi connectivity index (χ1n) is 5.30. The van der Waals surface area contributed by atoms with Crippen LogP contribution in [0.4, 0.5) is 0 Å². The van der Waals surface area contributed by atoms with Crippen molar-refractivity contribution in [1.82, 2.24) is 9.97 Å². The number of hydrogen-bond acceptors (Lipinski definition) is 4. The molecule has 0 bridgehead atoms. The average molecular weight is 241 g/mol. The topological polar surface area (TPSA) is 78.8 Å². The molecule has 90 valence electrons. The SMILES string of the molecule is COc1ccc(C#N)cc1-c1[nH]c(=O)ncc1C. The summed E-state index contributed by atoms with van der Waals surface area (Å²) >= 11 is 0. The molecule has 0 amide bonds. The molecule has 0 aliphatic carbocycles. The molecule has 0 unspecified atom stereocenters. The number of nitrogens with zero attached hydrogens (tertiary/aromatic N) is 2. The zero-order chi connectivity index (χ0) is 13.1. The molecule has 0 radical (unpaired) electrons. The molecular formula is C13H11N3O2. The van der Waals surface area contributed by atoms with Crippen LogP contribution in [0.5, 0.6) is 5.75 Å². The number of aromatic nitrogens is 2. The Kier molecular flexibility index (Phi) is 3.11. The van der Waals surface area contributed by atoms with Crippen LogP contribution < -0.4 is 10.4 Å². The molecule has 5 heteroatoms. The number of hydrogen-bond donors (Lipinski definition) is 1. The molecule has 0 saturated heterocycles. The Morgan fingerprint density at radius 3 is 2.89 bits per heavy atom. The Morgan fingerprint density at radius 2 is 2.22 bits per heavy atom. The Labute approximate surface area is 104 Å². The van der Waals surface area contributed by atoms with Crippen LogP contribution in [0.3, 0.4) is 0 Å². The summed E-state index contributed by atoms with van der Waals surface area (Å²) in [7, 11) is 1.54. The van der Waals surface area contributed by atoms with Gasteiger partial charge in [0.1, 0.15) is 5.75 Å². The number of ether oxygens (including phenoxy) is 1. The van der Waals surface area contributed by atoms with Gasteiger partial charge >= 0.3 is 5.69 Å². The van der Waals surface area contributed by atoms with Crippen molar-refractivity contribution in [3.8, 4) is 23.1 Å². The first-order chi connectivity index (χ1) is 8.65. The van der Waals surface area contributed by atoms with Crippen LogP contribution in [0.15, 0.2) is 29.2 Å². The molecule has 0 atom stereocenters. The lowest BCUT2D eigenvalue weighted by Gasteiger charge is -2.10. The van der Waals surface area contributed by atoms with Crippen molar-refractivity contribution in [2.75, 3.05) is 7.11 Å². The number of rotatable bonds is 2. The fourth-order valence-electron chi connectivity index (χ4n) is 1.71. The largest absolute Gasteiger partial charge is 0.496 e. The van der Waals surface area contributed by atoms with Crippen molar-refractivity contribution < 1.29 is 4.74 Å². The molecule has 0 spiro atoms. The Bertz CT molecular complexity index is 683. The van der Waals surface area contributed by atoms with E-state index in [0.29, 0.717) is 22.6 Å². The summed E-state index contributed by atoms with van der Waals surface area (Å²) in [5.41, 5.74) is 2.17. The Hall–Kier alpha value is -2.61. The van der Waals surface area contributed by atoms with Gasteiger partial charge in [0.15, 0.2) is 0 Å². The number of aromatic amines is 1. The van der Waals surface area contributed by atoms with E-state index in [1.807, 2.05) is 6.92 Å². The van der Waals surface area contributed by atoms with Crippen molar-refractivity contribution in [3.63, 3.8) is 0 Å². The number of aryl methyl sites for hydroxylation is 1. The van der Waals surface area contributed by atoms with Crippen molar-refractivity contribution in [3.05, 3.63) is 46.0 Å². The molecule has 18 heavy (non-hydrogen) atoms. The van der Waals surface area contributed by atoms with Crippen LogP contribution in [-0.4, -0.2) is 17.1 Å². The van der Waals surface area contributed by atoms with Crippen LogP contribution in [0.1, 0.15) is 11.1 Å². The van der Waals surface area contributed by atoms with E-state index in [1.165, 1.54) is 6.20 Å². The van der Waals surface area contributed by atoms with Crippen molar-refractivity contribution in [1.29, 1.82) is 5.26 Å². The summed E-state index contributed by atoms with van der Waals surface area (Å²) in [4.78, 5) is 17.6. The zero-order valence-corrected chi connectivity index (χ0v) is 10.0. The van der Waals surface area contributed by atoms with Gasteiger partial charge in [-0.2, -0.15) is 5.26 Å². The highest BCUT2D eigenvalue weighted by atomic mass is 16.5. The maximum atomic E-state index is 11.3. The summed E-state index contributed by atoms with van der Waals surface area (Å²) in [6.07, 6.45) is 1.49. The second-order valence-electron chi connectivity index (χ2n) is 3.77. The number of H-pyrrole nitrogens is 1. The minimum atomic E-state index is -0.431. The van der Waals surface area contributed by atoms with Crippen molar-refractivity contribution in [2.24, 2.45) is 0 Å². The number of benzene rings is 1. The second-order valence-corrected chi connectivity index (χ2v) is 3.77. The molecule has 1 aromatic heterocycles. The van der Waals surface area contributed by atoms with Gasteiger partial charge in [-0.25, -0.2) is 9.78 Å². The predicted octanol–water partition coefficient (Wildman–Crippen LogP) is 1.63. The summed E-state index contributed by atoms with van der Waals surface area (Å²) in [5, 5.41) is 8.92. The number of nitrogens with one attached hydrogen (secondary N) is 1. The molecule has 5 nitrogen and oxygen atoms in total. The summed E-state index contributed by atoms with van der Waals surface area (Å²) < 4.78 is 5.24.